The van der Waals surface area contributed by atoms with E-state index in [1.165, 1.54) is 77.4 Å². The number of hydrogen-bond acceptors (Lipinski definition) is 2. The molecule has 12 rings (SSSR count). The number of allylic oxidation sites excluding steroid dienone is 9. The monoisotopic (exact) mass is 734 g/mol. The van der Waals surface area contributed by atoms with Gasteiger partial charge < -0.3 is 4.57 Å². The van der Waals surface area contributed by atoms with Crippen molar-refractivity contribution in [3.05, 3.63) is 179 Å². The molecule has 4 aliphatic carbocycles. The quantitative estimate of drug-likeness (QED) is 0.180. The Labute approximate surface area is 332 Å². The van der Waals surface area contributed by atoms with Crippen LogP contribution in [0, 0.1) is 0 Å². The molecule has 4 nitrogen and oxygen atoms in total. The highest BCUT2D eigenvalue weighted by atomic mass is 15.2. The zero-order valence-corrected chi connectivity index (χ0v) is 32.4. The first-order valence-corrected chi connectivity index (χ1v) is 20.6. The Morgan fingerprint density at radius 3 is 2.30 bits per heavy atom. The Morgan fingerprint density at radius 1 is 0.614 bits per heavy atom. The molecule has 3 aromatic heterocycles. The summed E-state index contributed by atoms with van der Waals surface area (Å²) >= 11 is 0. The Kier molecular flexibility index (Phi) is 7.02. The van der Waals surface area contributed by atoms with E-state index in [2.05, 4.69) is 169 Å². The van der Waals surface area contributed by atoms with Gasteiger partial charge in [-0.25, -0.2) is 9.97 Å². The summed E-state index contributed by atoms with van der Waals surface area (Å²) in [4.78, 5) is 10.9. The van der Waals surface area contributed by atoms with Crippen LogP contribution in [-0.4, -0.2) is 19.1 Å². The second-order valence-corrected chi connectivity index (χ2v) is 16.6. The molecular formula is C53H42N4. The maximum Gasteiger partial charge on any atom is 0.235 e. The van der Waals surface area contributed by atoms with Gasteiger partial charge in [-0.3, -0.25) is 4.57 Å². The molecule has 8 aromatic rings. The molecule has 274 valence electrons. The van der Waals surface area contributed by atoms with Gasteiger partial charge in [0, 0.05) is 43.9 Å². The van der Waals surface area contributed by atoms with Crippen molar-refractivity contribution in [2.24, 2.45) is 0 Å². The highest BCUT2D eigenvalue weighted by molar-refractivity contribution is 6.21. The summed E-state index contributed by atoms with van der Waals surface area (Å²) in [5, 5.41) is 4.87. The zero-order chi connectivity index (χ0) is 37.8. The summed E-state index contributed by atoms with van der Waals surface area (Å²) in [6, 6.07) is 40.0. The van der Waals surface area contributed by atoms with Gasteiger partial charge >= 0.3 is 0 Å². The van der Waals surface area contributed by atoms with Crippen molar-refractivity contribution >= 4 is 66.4 Å². The molecule has 0 saturated carbocycles. The number of fused-ring (bicyclic) bond motifs is 10. The standard InChI is InChI=1S/C53H42N4/c1-53(2)43-25-12-9-20-37(43)39-24-15-23-36(49(39)53)34-28-30-46-42(32-34)48-47(31-29-40-38-21-11-14-27-45(38)56(51(40)48)35-18-7-4-8-19-35)57(46)52-54-44-26-13-10-22-41(44)50(55-52)33-16-5-3-6-17-33/h3-5,7-8,10-16,18-19,21-27,29,31-32H,6,9,17,20,28,30H2,1-2H3. The molecule has 0 fully saturated rings. The molecule has 0 aliphatic heterocycles. The number of benzene rings is 5. The van der Waals surface area contributed by atoms with E-state index in [4.69, 9.17) is 9.97 Å². The zero-order valence-electron chi connectivity index (χ0n) is 32.4. The van der Waals surface area contributed by atoms with E-state index in [-0.39, 0.29) is 5.41 Å². The molecule has 0 bridgehead atoms. The summed E-state index contributed by atoms with van der Waals surface area (Å²) in [6.07, 6.45) is 20.0. The number of nitrogens with zero attached hydrogens (tertiary/aromatic N) is 4. The Bertz CT molecular complexity index is 3190. The molecule has 0 amide bonds. The Hall–Kier alpha value is -6.52. The van der Waals surface area contributed by atoms with E-state index in [1.54, 1.807) is 0 Å². The summed E-state index contributed by atoms with van der Waals surface area (Å²) in [7, 11) is 0. The predicted molar refractivity (Wildman–Crippen MR) is 238 cm³/mol. The lowest BCUT2D eigenvalue weighted by Gasteiger charge is -2.28. The maximum absolute atomic E-state index is 5.52. The molecule has 0 saturated heterocycles. The number of aromatic nitrogens is 4. The van der Waals surface area contributed by atoms with Gasteiger partial charge in [-0.15, -0.1) is 0 Å². The second kappa shape index (κ2) is 12.2. The Morgan fingerprint density at radius 2 is 1.42 bits per heavy atom. The van der Waals surface area contributed by atoms with Crippen LogP contribution in [0.1, 0.15) is 79.6 Å². The number of hydrogen-bond donors (Lipinski definition) is 0. The lowest BCUT2D eigenvalue weighted by Crippen LogP contribution is -2.19. The largest absolute Gasteiger partial charge is 0.309 e. The molecule has 0 N–H and O–H groups in total. The van der Waals surface area contributed by atoms with E-state index in [0.717, 1.165) is 72.3 Å². The maximum atomic E-state index is 5.52. The lowest BCUT2D eigenvalue weighted by molar-refractivity contribution is 0.648. The van der Waals surface area contributed by atoms with Crippen LogP contribution in [0.2, 0.25) is 0 Å². The summed E-state index contributed by atoms with van der Waals surface area (Å²) < 4.78 is 4.89. The molecule has 3 heterocycles. The summed E-state index contributed by atoms with van der Waals surface area (Å²) in [6.45, 7) is 4.87. The second-order valence-electron chi connectivity index (χ2n) is 16.6. The first-order valence-electron chi connectivity index (χ1n) is 20.6. The highest BCUT2D eigenvalue weighted by Gasteiger charge is 2.39. The molecule has 0 spiro atoms. The third kappa shape index (κ3) is 4.67. The van der Waals surface area contributed by atoms with E-state index in [0.29, 0.717) is 0 Å². The number of rotatable bonds is 4. The third-order valence-corrected chi connectivity index (χ3v) is 13.2. The van der Waals surface area contributed by atoms with Gasteiger partial charge in [-0.1, -0.05) is 123 Å². The van der Waals surface area contributed by atoms with E-state index >= 15 is 0 Å². The fourth-order valence-electron chi connectivity index (χ4n) is 10.7. The van der Waals surface area contributed by atoms with Crippen LogP contribution in [-0.2, 0) is 11.8 Å². The van der Waals surface area contributed by atoms with Crippen molar-refractivity contribution in [1.82, 2.24) is 19.1 Å². The van der Waals surface area contributed by atoms with Crippen LogP contribution in [0.25, 0.3) is 78.0 Å². The number of para-hydroxylation sites is 3. The summed E-state index contributed by atoms with van der Waals surface area (Å²) in [5.41, 5.74) is 19.3. The van der Waals surface area contributed by atoms with Crippen LogP contribution >= 0.6 is 0 Å². The van der Waals surface area contributed by atoms with Crippen LogP contribution < -0.4 is 0 Å². The molecule has 4 heteroatoms. The fourth-order valence-corrected chi connectivity index (χ4v) is 10.7. The first kappa shape index (κ1) is 32.7. The van der Waals surface area contributed by atoms with Gasteiger partial charge in [-0.05, 0) is 114 Å². The minimum absolute atomic E-state index is 0.0569. The fraction of sp³-hybridized carbons (Fsp3) is 0.170. The molecule has 57 heavy (non-hydrogen) atoms. The molecule has 0 radical (unpaired) electrons. The van der Waals surface area contributed by atoms with Crippen molar-refractivity contribution in [3.63, 3.8) is 0 Å². The molecule has 0 atom stereocenters. The highest BCUT2D eigenvalue weighted by Crippen LogP contribution is 2.53. The smallest absolute Gasteiger partial charge is 0.235 e. The lowest BCUT2D eigenvalue weighted by atomic mass is 9.76. The average Bonchev–Trinajstić information content (AvgIpc) is 3.87. The predicted octanol–water partition coefficient (Wildman–Crippen LogP) is 13.3. The van der Waals surface area contributed by atoms with Gasteiger partial charge in [-0.2, -0.15) is 0 Å². The minimum atomic E-state index is -0.0569. The molecule has 0 unspecified atom stereocenters. The van der Waals surface area contributed by atoms with Gasteiger partial charge in [0.05, 0.1) is 27.8 Å². The van der Waals surface area contributed by atoms with Gasteiger partial charge in [0.2, 0.25) is 5.95 Å². The first-order chi connectivity index (χ1) is 28.1. The normalized spacial score (nSPS) is 17.0. The van der Waals surface area contributed by atoms with Gasteiger partial charge in [0.1, 0.15) is 0 Å². The van der Waals surface area contributed by atoms with Crippen molar-refractivity contribution in [3.8, 4) is 11.6 Å². The van der Waals surface area contributed by atoms with Crippen LogP contribution in [0.3, 0.4) is 0 Å². The van der Waals surface area contributed by atoms with Crippen molar-refractivity contribution < 1.29 is 0 Å². The van der Waals surface area contributed by atoms with Gasteiger partial charge in [0.25, 0.3) is 0 Å². The van der Waals surface area contributed by atoms with Crippen LogP contribution in [0.15, 0.2) is 145 Å². The summed E-state index contributed by atoms with van der Waals surface area (Å²) in [5.74, 6) is 0.745. The molecular weight excluding hydrogens is 693 g/mol. The topological polar surface area (TPSA) is 35.6 Å². The Balaban J connectivity index is 1.19. The van der Waals surface area contributed by atoms with Crippen LogP contribution in [0.5, 0.6) is 0 Å². The molecule has 4 aliphatic rings. The van der Waals surface area contributed by atoms with Crippen molar-refractivity contribution in [2.75, 3.05) is 0 Å². The van der Waals surface area contributed by atoms with Gasteiger partial charge in [0.15, 0.2) is 0 Å². The average molecular weight is 735 g/mol. The minimum Gasteiger partial charge on any atom is -0.309 e. The van der Waals surface area contributed by atoms with Crippen LogP contribution in [0.4, 0.5) is 0 Å². The third-order valence-electron chi connectivity index (χ3n) is 13.2. The van der Waals surface area contributed by atoms with Crippen molar-refractivity contribution in [2.45, 2.75) is 57.8 Å². The van der Waals surface area contributed by atoms with E-state index in [9.17, 15) is 0 Å². The SMILES string of the molecule is CC1(C)C2=C(CCC=C2)c2cccc(C3=Cc4c(n(-c5nc(C6=CC=CCC6)c6ccccc6n5)c5ccc6c7ccccc7n(-c7ccccc7)c6c45)CC3)c21. The van der Waals surface area contributed by atoms with Crippen molar-refractivity contribution in [1.29, 1.82) is 0 Å². The molecule has 5 aromatic carbocycles. The van der Waals surface area contributed by atoms with E-state index < -0.39 is 0 Å². The van der Waals surface area contributed by atoms with E-state index in [1.807, 2.05) is 0 Å².